The summed E-state index contributed by atoms with van der Waals surface area (Å²) >= 11 is 7.09. The average molecular weight is 646 g/mol. The molecule has 3 rings (SSSR count). The molecule has 0 bridgehead atoms. The lowest BCUT2D eigenvalue weighted by atomic mass is 10.1. The molecule has 0 fully saturated rings. The number of unbranched alkanes of at least 4 members (excludes halogenated alkanes) is 7. The van der Waals surface area contributed by atoms with Crippen LogP contribution in [0, 0.1) is 0 Å². The van der Waals surface area contributed by atoms with Gasteiger partial charge in [-0.25, -0.2) is 0 Å². The van der Waals surface area contributed by atoms with Crippen LogP contribution in [0.25, 0.3) is 0 Å². The maximum Gasteiger partial charge on any atom is 0.123 e. The molecule has 3 aromatic rings. The first-order valence-corrected chi connectivity index (χ1v) is 15.6. The third kappa shape index (κ3) is 10.8. The summed E-state index contributed by atoms with van der Waals surface area (Å²) in [6.45, 7) is 1.50. The predicted molar refractivity (Wildman–Crippen MR) is 163 cm³/mol. The summed E-state index contributed by atoms with van der Waals surface area (Å²) in [6, 6.07) is 21.7. The van der Waals surface area contributed by atoms with Crippen LogP contribution in [0.4, 0.5) is 11.4 Å². The van der Waals surface area contributed by atoms with Gasteiger partial charge in [0.1, 0.15) is 17.2 Å². The van der Waals surface area contributed by atoms with Crippen LogP contribution in [0.1, 0.15) is 62.5 Å². The molecular weight excluding hydrogens is 608 g/mol. The van der Waals surface area contributed by atoms with Crippen LogP contribution in [0.5, 0.6) is 17.2 Å². The normalized spacial score (nSPS) is 11.1. The van der Waals surface area contributed by atoms with Crippen LogP contribution in [0.15, 0.2) is 77.0 Å². The molecule has 3 aromatic carbocycles. The van der Waals surface area contributed by atoms with Crippen LogP contribution in [-0.4, -0.2) is 20.3 Å². The second-order valence-electron chi connectivity index (χ2n) is 9.09. The van der Waals surface area contributed by atoms with Gasteiger partial charge < -0.3 is 14.2 Å². The van der Waals surface area contributed by atoms with E-state index >= 15 is 0 Å². The van der Waals surface area contributed by atoms with Gasteiger partial charge in [0.05, 0.1) is 31.7 Å². The van der Waals surface area contributed by atoms with Crippen molar-refractivity contribution in [2.75, 3.05) is 20.3 Å². The number of azo groups is 1. The molecule has 38 heavy (non-hydrogen) atoms. The molecule has 0 heterocycles. The Hall–Kier alpha value is -2.38. The number of rotatable bonds is 18. The zero-order valence-electron chi connectivity index (χ0n) is 22.2. The zero-order chi connectivity index (χ0) is 26.8. The van der Waals surface area contributed by atoms with E-state index in [4.69, 9.17) is 14.2 Å². The van der Waals surface area contributed by atoms with Crippen molar-refractivity contribution in [2.45, 2.75) is 62.0 Å². The largest absolute Gasteiger partial charge is 0.496 e. The van der Waals surface area contributed by atoms with Gasteiger partial charge in [-0.2, -0.15) is 10.2 Å². The van der Waals surface area contributed by atoms with Crippen LogP contribution < -0.4 is 14.2 Å². The molecule has 0 N–H and O–H groups in total. The van der Waals surface area contributed by atoms with Crippen molar-refractivity contribution in [3.63, 3.8) is 0 Å². The number of nitrogens with zero attached hydrogens (tertiary/aromatic N) is 2. The number of hydrogen-bond acceptors (Lipinski definition) is 5. The highest BCUT2D eigenvalue weighted by Gasteiger charge is 2.10. The minimum absolute atomic E-state index is 0.747. The molecule has 0 radical (unpaired) electrons. The van der Waals surface area contributed by atoms with Gasteiger partial charge >= 0.3 is 0 Å². The monoisotopic (exact) mass is 644 g/mol. The van der Waals surface area contributed by atoms with Crippen LogP contribution in [-0.2, 0) is 10.7 Å². The summed E-state index contributed by atoms with van der Waals surface area (Å²) in [6.07, 6.45) is 9.65. The second-order valence-corrected chi connectivity index (χ2v) is 10.2. The number of benzene rings is 3. The SMILES string of the molecule is COc1cc(CBr)c(OCCCCCCCCCCOc2ccc(N=Nc3ccccc3)cc2)cc1CBr. The van der Waals surface area contributed by atoms with Crippen molar-refractivity contribution in [3.05, 3.63) is 77.9 Å². The van der Waals surface area contributed by atoms with E-state index in [2.05, 4.69) is 54.2 Å². The van der Waals surface area contributed by atoms with E-state index in [9.17, 15) is 0 Å². The highest BCUT2D eigenvalue weighted by Crippen LogP contribution is 2.32. The van der Waals surface area contributed by atoms with Crippen molar-refractivity contribution < 1.29 is 14.2 Å². The first-order chi connectivity index (χ1) is 18.7. The summed E-state index contributed by atoms with van der Waals surface area (Å²) in [4.78, 5) is 0. The van der Waals surface area contributed by atoms with E-state index in [1.807, 2.05) is 54.6 Å². The van der Waals surface area contributed by atoms with Gasteiger partial charge in [-0.1, -0.05) is 88.6 Å². The molecule has 0 aliphatic heterocycles. The van der Waals surface area contributed by atoms with Gasteiger partial charge in [0.15, 0.2) is 0 Å². The van der Waals surface area contributed by atoms with Crippen LogP contribution in [0.2, 0.25) is 0 Å². The Morgan fingerprint density at radius 3 is 1.66 bits per heavy atom. The molecule has 0 atom stereocenters. The molecular formula is C31H38Br2N2O3. The minimum atomic E-state index is 0.747. The van der Waals surface area contributed by atoms with Crippen molar-refractivity contribution in [3.8, 4) is 17.2 Å². The molecule has 0 amide bonds. The molecule has 0 aliphatic carbocycles. The summed E-state index contributed by atoms with van der Waals surface area (Å²) in [7, 11) is 1.70. The van der Waals surface area contributed by atoms with E-state index in [0.717, 1.165) is 76.5 Å². The molecule has 0 unspecified atom stereocenters. The van der Waals surface area contributed by atoms with Gasteiger partial charge in [0.25, 0.3) is 0 Å². The number of halogens is 2. The van der Waals surface area contributed by atoms with E-state index in [-0.39, 0.29) is 0 Å². The molecule has 7 heteroatoms. The van der Waals surface area contributed by atoms with Gasteiger partial charge in [-0.3, -0.25) is 0 Å². The standard InChI is InChI=1S/C31H38Br2N2O3/c1-36-30-21-26(24-33)31(22-25(30)23-32)38-20-12-7-5-3-2-4-6-11-19-37-29-17-15-28(16-18-29)35-34-27-13-9-8-10-14-27/h8-10,13-18,21-22H,2-7,11-12,19-20,23-24H2,1H3. The molecule has 5 nitrogen and oxygen atoms in total. The Labute approximate surface area is 244 Å². The lowest BCUT2D eigenvalue weighted by Gasteiger charge is -2.14. The first kappa shape index (κ1) is 30.2. The second kappa shape index (κ2) is 18.0. The van der Waals surface area contributed by atoms with Gasteiger partial charge in [-0.05, 0) is 61.4 Å². The van der Waals surface area contributed by atoms with Gasteiger partial charge in [0, 0.05) is 21.8 Å². The third-order valence-electron chi connectivity index (χ3n) is 6.19. The molecule has 204 valence electrons. The van der Waals surface area contributed by atoms with Crippen LogP contribution >= 0.6 is 31.9 Å². The van der Waals surface area contributed by atoms with Crippen LogP contribution in [0.3, 0.4) is 0 Å². The molecule has 0 aliphatic rings. The Bertz CT molecular complexity index is 1090. The van der Waals surface area contributed by atoms with Gasteiger partial charge in [-0.15, -0.1) is 0 Å². The molecule has 0 spiro atoms. The lowest BCUT2D eigenvalue weighted by molar-refractivity contribution is 0.299. The summed E-state index contributed by atoms with van der Waals surface area (Å²) in [5.41, 5.74) is 3.90. The maximum absolute atomic E-state index is 6.09. The van der Waals surface area contributed by atoms with E-state index < -0.39 is 0 Å². The first-order valence-electron chi connectivity index (χ1n) is 13.4. The summed E-state index contributed by atoms with van der Waals surface area (Å²) < 4.78 is 17.4. The Kier molecular flexibility index (Phi) is 14.3. The van der Waals surface area contributed by atoms with Crippen molar-refractivity contribution in [1.29, 1.82) is 0 Å². The topological polar surface area (TPSA) is 52.4 Å². The fourth-order valence-electron chi connectivity index (χ4n) is 4.03. The Balaban J connectivity index is 1.19. The summed E-state index contributed by atoms with van der Waals surface area (Å²) in [5.74, 6) is 2.73. The molecule has 0 aromatic heterocycles. The molecule has 0 saturated carbocycles. The highest BCUT2D eigenvalue weighted by atomic mass is 79.9. The van der Waals surface area contributed by atoms with Crippen molar-refractivity contribution >= 4 is 43.2 Å². The van der Waals surface area contributed by atoms with Crippen molar-refractivity contribution in [2.24, 2.45) is 10.2 Å². The molecule has 0 saturated heterocycles. The number of ether oxygens (including phenoxy) is 3. The van der Waals surface area contributed by atoms with Crippen molar-refractivity contribution in [1.82, 2.24) is 0 Å². The third-order valence-corrected chi connectivity index (χ3v) is 7.40. The zero-order valence-corrected chi connectivity index (χ0v) is 25.4. The average Bonchev–Trinajstić information content (AvgIpc) is 2.97. The fraction of sp³-hybridized carbons (Fsp3) is 0.419. The Morgan fingerprint density at radius 1 is 0.579 bits per heavy atom. The number of alkyl halides is 2. The van der Waals surface area contributed by atoms with E-state index in [1.165, 1.54) is 38.5 Å². The van der Waals surface area contributed by atoms with E-state index in [0.29, 0.717) is 0 Å². The number of methoxy groups -OCH3 is 1. The smallest absolute Gasteiger partial charge is 0.123 e. The number of hydrogen-bond donors (Lipinski definition) is 0. The predicted octanol–water partition coefficient (Wildman–Crippen LogP) is 10.5. The highest BCUT2D eigenvalue weighted by molar-refractivity contribution is 9.08. The quantitative estimate of drug-likeness (QED) is 0.0785. The van der Waals surface area contributed by atoms with E-state index in [1.54, 1.807) is 7.11 Å². The fourth-order valence-corrected chi connectivity index (χ4v) is 4.91. The minimum Gasteiger partial charge on any atom is -0.496 e. The van der Waals surface area contributed by atoms with Gasteiger partial charge in [0.2, 0.25) is 0 Å². The summed E-state index contributed by atoms with van der Waals surface area (Å²) in [5, 5.41) is 10.0. The maximum atomic E-state index is 6.09. The lowest BCUT2D eigenvalue weighted by Crippen LogP contribution is -2.02. The Morgan fingerprint density at radius 2 is 1.08 bits per heavy atom.